The van der Waals surface area contributed by atoms with Gasteiger partial charge in [0, 0.05) is 5.56 Å². The number of hydrogen-bond donors (Lipinski definition) is 2. The standard InChI is InChI=1S/C8H10N2O3S/c1-6(10-11)7-3-2-4-8(5-7)14(9,12)13/h2-5,11H,1H3,(H2,9,12,13). The van der Waals surface area contributed by atoms with Crippen molar-refractivity contribution in [3.05, 3.63) is 29.8 Å². The van der Waals surface area contributed by atoms with Crippen molar-refractivity contribution in [2.24, 2.45) is 10.3 Å². The maximum absolute atomic E-state index is 11.0. The second kappa shape index (κ2) is 3.77. The Bertz CT molecular complexity index is 465. The second-order valence-corrected chi connectivity index (χ2v) is 4.32. The Morgan fingerprint density at radius 3 is 2.64 bits per heavy atom. The summed E-state index contributed by atoms with van der Waals surface area (Å²) in [4.78, 5) is -0.00185. The Balaban J connectivity index is 3.28. The van der Waals surface area contributed by atoms with Gasteiger partial charge in [0.25, 0.3) is 0 Å². The third-order valence-corrected chi connectivity index (χ3v) is 2.64. The second-order valence-electron chi connectivity index (χ2n) is 2.76. The largest absolute Gasteiger partial charge is 0.411 e. The summed E-state index contributed by atoms with van der Waals surface area (Å²) in [5.41, 5.74) is 0.842. The maximum atomic E-state index is 11.0. The van der Waals surface area contributed by atoms with Gasteiger partial charge < -0.3 is 5.21 Å². The summed E-state index contributed by atoms with van der Waals surface area (Å²) in [6, 6.07) is 5.89. The van der Waals surface area contributed by atoms with Gasteiger partial charge >= 0.3 is 0 Å². The van der Waals surface area contributed by atoms with Crippen LogP contribution in [0.5, 0.6) is 0 Å². The van der Waals surface area contributed by atoms with E-state index in [4.69, 9.17) is 10.3 Å². The Morgan fingerprint density at radius 1 is 1.50 bits per heavy atom. The lowest BCUT2D eigenvalue weighted by atomic mass is 10.1. The minimum atomic E-state index is -3.70. The molecule has 1 aromatic carbocycles. The Labute approximate surface area is 81.9 Å². The van der Waals surface area contributed by atoms with E-state index in [0.29, 0.717) is 11.3 Å². The number of sulfonamides is 1. The fourth-order valence-electron chi connectivity index (χ4n) is 0.956. The summed E-state index contributed by atoms with van der Waals surface area (Å²) in [5, 5.41) is 16.4. The van der Waals surface area contributed by atoms with Crippen molar-refractivity contribution in [1.82, 2.24) is 0 Å². The van der Waals surface area contributed by atoms with E-state index in [1.54, 1.807) is 13.0 Å². The van der Waals surface area contributed by atoms with Crippen LogP contribution in [0.15, 0.2) is 34.3 Å². The molecule has 0 saturated heterocycles. The van der Waals surface area contributed by atoms with Crippen molar-refractivity contribution >= 4 is 15.7 Å². The minimum Gasteiger partial charge on any atom is -0.411 e. The molecule has 0 atom stereocenters. The molecular weight excluding hydrogens is 204 g/mol. The topological polar surface area (TPSA) is 92.8 Å². The number of oxime groups is 1. The Kier molecular flexibility index (Phi) is 2.87. The van der Waals surface area contributed by atoms with Gasteiger partial charge in [-0.15, -0.1) is 0 Å². The number of rotatable bonds is 2. The molecule has 0 bridgehead atoms. The highest BCUT2D eigenvalue weighted by Crippen LogP contribution is 2.10. The van der Waals surface area contributed by atoms with E-state index >= 15 is 0 Å². The van der Waals surface area contributed by atoms with Crippen LogP contribution >= 0.6 is 0 Å². The fraction of sp³-hybridized carbons (Fsp3) is 0.125. The van der Waals surface area contributed by atoms with Gasteiger partial charge in [-0.3, -0.25) is 0 Å². The lowest BCUT2D eigenvalue weighted by molar-refractivity contribution is 0.319. The molecule has 0 saturated carbocycles. The summed E-state index contributed by atoms with van der Waals surface area (Å²) in [7, 11) is -3.70. The van der Waals surface area contributed by atoms with Crippen molar-refractivity contribution < 1.29 is 13.6 Å². The zero-order valence-corrected chi connectivity index (χ0v) is 8.32. The van der Waals surface area contributed by atoms with Crippen LogP contribution in [-0.4, -0.2) is 19.3 Å². The van der Waals surface area contributed by atoms with E-state index < -0.39 is 10.0 Å². The zero-order chi connectivity index (χ0) is 10.8. The van der Waals surface area contributed by atoms with Gasteiger partial charge in [-0.05, 0) is 19.1 Å². The van der Waals surface area contributed by atoms with Crippen LogP contribution in [0.3, 0.4) is 0 Å². The minimum absolute atomic E-state index is 0.00185. The van der Waals surface area contributed by atoms with E-state index in [-0.39, 0.29) is 4.90 Å². The Morgan fingerprint density at radius 2 is 2.14 bits per heavy atom. The lowest BCUT2D eigenvalue weighted by Crippen LogP contribution is -2.12. The van der Waals surface area contributed by atoms with Crippen LogP contribution in [-0.2, 0) is 10.0 Å². The highest BCUT2D eigenvalue weighted by molar-refractivity contribution is 7.89. The monoisotopic (exact) mass is 214 g/mol. The summed E-state index contributed by atoms with van der Waals surface area (Å²) >= 11 is 0. The van der Waals surface area contributed by atoms with Crippen LogP contribution in [0.25, 0.3) is 0 Å². The Hall–Kier alpha value is -1.40. The highest BCUT2D eigenvalue weighted by atomic mass is 32.2. The molecule has 0 amide bonds. The van der Waals surface area contributed by atoms with Gasteiger partial charge in [-0.2, -0.15) is 0 Å². The van der Waals surface area contributed by atoms with Gasteiger partial charge in [-0.1, -0.05) is 17.3 Å². The van der Waals surface area contributed by atoms with Gasteiger partial charge in [0.1, 0.15) is 0 Å². The van der Waals surface area contributed by atoms with E-state index in [2.05, 4.69) is 5.16 Å². The molecule has 0 fully saturated rings. The molecule has 1 aromatic rings. The van der Waals surface area contributed by atoms with E-state index in [1.807, 2.05) is 0 Å². The molecule has 0 radical (unpaired) electrons. The smallest absolute Gasteiger partial charge is 0.238 e. The average Bonchev–Trinajstić information content (AvgIpc) is 2.15. The maximum Gasteiger partial charge on any atom is 0.238 e. The van der Waals surface area contributed by atoms with Crippen LogP contribution < -0.4 is 5.14 Å². The fourth-order valence-corrected chi connectivity index (χ4v) is 1.52. The van der Waals surface area contributed by atoms with Crippen molar-refractivity contribution in [2.75, 3.05) is 0 Å². The molecule has 0 aliphatic carbocycles. The summed E-state index contributed by atoms with van der Waals surface area (Å²) in [5.74, 6) is 0. The van der Waals surface area contributed by atoms with Crippen LogP contribution in [0.4, 0.5) is 0 Å². The number of hydrogen-bond acceptors (Lipinski definition) is 4. The first-order chi connectivity index (χ1) is 6.45. The first-order valence-corrected chi connectivity index (χ1v) is 5.31. The first-order valence-electron chi connectivity index (χ1n) is 3.77. The molecule has 3 N–H and O–H groups in total. The van der Waals surface area contributed by atoms with E-state index in [1.165, 1.54) is 18.2 Å². The zero-order valence-electron chi connectivity index (χ0n) is 7.51. The average molecular weight is 214 g/mol. The van der Waals surface area contributed by atoms with E-state index in [9.17, 15) is 8.42 Å². The van der Waals surface area contributed by atoms with Gasteiger partial charge in [0.2, 0.25) is 10.0 Å². The van der Waals surface area contributed by atoms with Gasteiger partial charge in [0.15, 0.2) is 0 Å². The van der Waals surface area contributed by atoms with Crippen molar-refractivity contribution in [3.8, 4) is 0 Å². The molecule has 0 aromatic heterocycles. The van der Waals surface area contributed by atoms with Crippen molar-refractivity contribution in [1.29, 1.82) is 0 Å². The number of primary sulfonamides is 1. The first kappa shape index (κ1) is 10.7. The number of nitrogens with zero attached hydrogens (tertiary/aromatic N) is 1. The third kappa shape index (κ3) is 2.30. The summed E-state index contributed by atoms with van der Waals surface area (Å²) in [6.45, 7) is 1.56. The van der Waals surface area contributed by atoms with E-state index in [0.717, 1.165) is 0 Å². The summed E-state index contributed by atoms with van der Waals surface area (Å²) in [6.07, 6.45) is 0. The van der Waals surface area contributed by atoms with Crippen molar-refractivity contribution in [2.45, 2.75) is 11.8 Å². The van der Waals surface area contributed by atoms with Gasteiger partial charge in [0.05, 0.1) is 10.6 Å². The molecule has 0 aliphatic rings. The van der Waals surface area contributed by atoms with Crippen LogP contribution in [0.1, 0.15) is 12.5 Å². The molecule has 0 spiro atoms. The third-order valence-electron chi connectivity index (χ3n) is 1.73. The van der Waals surface area contributed by atoms with Crippen LogP contribution in [0, 0.1) is 0 Å². The van der Waals surface area contributed by atoms with Crippen molar-refractivity contribution in [3.63, 3.8) is 0 Å². The predicted octanol–water partition coefficient (Wildman–Crippen LogP) is 0.532. The van der Waals surface area contributed by atoms with Crippen LogP contribution in [0.2, 0.25) is 0 Å². The molecule has 0 unspecified atom stereocenters. The predicted molar refractivity (Wildman–Crippen MR) is 51.8 cm³/mol. The molecule has 14 heavy (non-hydrogen) atoms. The number of benzene rings is 1. The molecular formula is C8H10N2O3S. The number of nitrogens with two attached hydrogens (primary N) is 1. The molecule has 6 heteroatoms. The summed E-state index contributed by atoms with van der Waals surface area (Å²) < 4.78 is 21.9. The highest BCUT2D eigenvalue weighted by Gasteiger charge is 2.08. The quantitative estimate of drug-likeness (QED) is 0.427. The molecule has 0 heterocycles. The molecule has 1 rings (SSSR count). The molecule has 5 nitrogen and oxygen atoms in total. The lowest BCUT2D eigenvalue weighted by Gasteiger charge is -2.01. The molecule has 76 valence electrons. The molecule has 0 aliphatic heterocycles. The van der Waals surface area contributed by atoms with Gasteiger partial charge in [-0.25, -0.2) is 13.6 Å². The normalized spacial score (nSPS) is 12.9. The SMILES string of the molecule is CC(=NO)c1cccc(S(N)(=O)=O)c1.